The molecule has 0 bridgehead atoms. The number of nitrogens with zero attached hydrogens (tertiary/aromatic N) is 5. The summed E-state index contributed by atoms with van der Waals surface area (Å²) in [6.07, 6.45) is 1.63. The van der Waals surface area contributed by atoms with Crippen LogP contribution in [0.4, 0.5) is 9.18 Å². The number of carbonyl (C=O) groups excluding carboxylic acids is 3. The maximum absolute atomic E-state index is 14.0. The van der Waals surface area contributed by atoms with E-state index in [-0.39, 0.29) is 29.2 Å². The number of fused-ring (bicyclic) bond motifs is 1. The molecular formula is C27H30ClFN6O5S. The van der Waals surface area contributed by atoms with Gasteiger partial charge in [-0.15, -0.1) is 11.3 Å². The van der Waals surface area contributed by atoms with E-state index < -0.39 is 35.9 Å². The number of ether oxygens (including phenoxy) is 2. The SMILES string of the molecule is COC(=O)C1=C(CN2CCN3C(=O)N(C(C)C)C[C@H]3[C@@H]2C(=O)OC)NC(c2nccs2)=N[C@H]1c1ccc(F)cc1Cl. The zero-order valence-electron chi connectivity index (χ0n) is 23.0. The number of aliphatic imine (C=N–C) groups is 1. The van der Waals surface area contributed by atoms with Gasteiger partial charge in [-0.25, -0.2) is 19.0 Å². The number of piperazine rings is 1. The van der Waals surface area contributed by atoms with Crippen LogP contribution in [0.1, 0.15) is 30.5 Å². The van der Waals surface area contributed by atoms with Gasteiger partial charge in [0, 0.05) is 60.1 Å². The van der Waals surface area contributed by atoms with Gasteiger partial charge in [-0.1, -0.05) is 17.7 Å². The Kier molecular flexibility index (Phi) is 8.30. The molecule has 1 N–H and O–H groups in total. The summed E-state index contributed by atoms with van der Waals surface area (Å²) in [5.41, 5.74) is 0.998. The standard InChI is InChI=1S/C27H30ClFN6O5S/c1-14(2)35-13-19-22(26(37)40-4)33(8-9-34(19)27(35)38)12-18-20(25(36)39-3)21(16-6-5-15(29)11-17(16)28)32-23(31-18)24-30-7-10-41-24/h5-7,10-11,14,19,21-22H,8-9,12-13H2,1-4H3,(H,31,32)/t19-,21-,22+/m0/s1. The predicted octanol–water partition coefficient (Wildman–Crippen LogP) is 2.83. The zero-order valence-corrected chi connectivity index (χ0v) is 24.5. The number of esters is 2. The molecule has 41 heavy (non-hydrogen) atoms. The van der Waals surface area contributed by atoms with E-state index in [4.69, 9.17) is 26.1 Å². The van der Waals surface area contributed by atoms with E-state index in [1.54, 1.807) is 21.4 Å². The van der Waals surface area contributed by atoms with Crippen molar-refractivity contribution in [3.63, 3.8) is 0 Å². The zero-order chi connectivity index (χ0) is 29.4. The number of aromatic nitrogens is 1. The van der Waals surface area contributed by atoms with Gasteiger partial charge in [0.1, 0.15) is 17.9 Å². The third kappa shape index (κ3) is 5.41. The van der Waals surface area contributed by atoms with Gasteiger partial charge in [0.25, 0.3) is 0 Å². The number of amides is 2. The first-order valence-corrected chi connectivity index (χ1v) is 14.3. The van der Waals surface area contributed by atoms with Crippen LogP contribution in [-0.2, 0) is 19.1 Å². The molecule has 11 nitrogen and oxygen atoms in total. The van der Waals surface area contributed by atoms with Gasteiger partial charge < -0.3 is 24.6 Å². The number of thiazole rings is 1. The summed E-state index contributed by atoms with van der Waals surface area (Å²) in [6, 6.07) is 1.58. The summed E-state index contributed by atoms with van der Waals surface area (Å²) in [7, 11) is 2.57. The highest BCUT2D eigenvalue weighted by molar-refractivity contribution is 7.11. The molecule has 5 rings (SSSR count). The number of hydrogen-bond donors (Lipinski definition) is 1. The first kappa shape index (κ1) is 29.0. The second kappa shape index (κ2) is 11.7. The molecule has 0 radical (unpaired) electrons. The Morgan fingerprint density at radius 2 is 2.02 bits per heavy atom. The second-order valence-corrected chi connectivity index (χ2v) is 11.4. The monoisotopic (exact) mass is 604 g/mol. The van der Waals surface area contributed by atoms with E-state index in [0.29, 0.717) is 41.7 Å². The molecule has 218 valence electrons. The molecule has 0 spiro atoms. The Hall–Kier alpha value is -3.55. The van der Waals surface area contributed by atoms with Crippen LogP contribution in [0.25, 0.3) is 0 Å². The number of carbonyl (C=O) groups is 3. The lowest BCUT2D eigenvalue weighted by Gasteiger charge is -2.43. The topological polar surface area (TPSA) is 117 Å². The minimum absolute atomic E-state index is 0.0354. The molecule has 0 unspecified atom stereocenters. The Bertz CT molecular complexity index is 1420. The number of rotatable bonds is 7. The average Bonchev–Trinajstić information content (AvgIpc) is 3.60. The maximum atomic E-state index is 14.0. The molecule has 3 atom stereocenters. The Morgan fingerprint density at radius 1 is 1.24 bits per heavy atom. The van der Waals surface area contributed by atoms with Gasteiger partial charge in [0.15, 0.2) is 10.8 Å². The Balaban J connectivity index is 1.58. The van der Waals surface area contributed by atoms with Crippen molar-refractivity contribution < 1.29 is 28.2 Å². The number of amidine groups is 1. The highest BCUT2D eigenvalue weighted by Gasteiger charge is 2.50. The van der Waals surface area contributed by atoms with E-state index in [1.165, 1.54) is 37.7 Å². The molecule has 1 aromatic carbocycles. The molecule has 3 aliphatic rings. The molecule has 0 aliphatic carbocycles. The number of nitrogens with one attached hydrogen (secondary N) is 1. The van der Waals surface area contributed by atoms with Crippen LogP contribution >= 0.6 is 22.9 Å². The van der Waals surface area contributed by atoms with Crippen LogP contribution in [-0.4, -0.2) is 102 Å². The number of hydrogen-bond acceptors (Lipinski definition) is 10. The third-order valence-corrected chi connectivity index (χ3v) is 8.62. The molecule has 2 saturated heterocycles. The largest absolute Gasteiger partial charge is 0.468 e. The van der Waals surface area contributed by atoms with Crippen molar-refractivity contribution in [3.05, 3.63) is 62.5 Å². The molecule has 1 aromatic heterocycles. The second-order valence-electron chi connectivity index (χ2n) is 10.1. The van der Waals surface area contributed by atoms with Gasteiger partial charge in [-0.05, 0) is 26.0 Å². The number of benzene rings is 1. The van der Waals surface area contributed by atoms with Gasteiger partial charge in [0.2, 0.25) is 0 Å². The molecule has 4 heterocycles. The molecule has 2 aromatic rings. The summed E-state index contributed by atoms with van der Waals surface area (Å²) in [5, 5.41) is 5.71. The average molecular weight is 605 g/mol. The fourth-order valence-electron chi connectivity index (χ4n) is 5.54. The molecule has 2 amide bonds. The smallest absolute Gasteiger partial charge is 0.338 e. The minimum atomic E-state index is -0.937. The molecule has 14 heteroatoms. The lowest BCUT2D eigenvalue weighted by Crippen LogP contribution is -2.62. The number of halogens is 2. The first-order valence-electron chi connectivity index (χ1n) is 13.0. The highest BCUT2D eigenvalue weighted by Crippen LogP contribution is 2.37. The minimum Gasteiger partial charge on any atom is -0.468 e. The van der Waals surface area contributed by atoms with Crippen molar-refractivity contribution in [3.8, 4) is 0 Å². The molecule has 3 aliphatic heterocycles. The van der Waals surface area contributed by atoms with Gasteiger partial charge >= 0.3 is 18.0 Å². The van der Waals surface area contributed by atoms with E-state index in [2.05, 4.69) is 10.3 Å². The summed E-state index contributed by atoms with van der Waals surface area (Å²) in [4.78, 5) is 54.0. The highest BCUT2D eigenvalue weighted by atomic mass is 35.5. The summed E-state index contributed by atoms with van der Waals surface area (Å²) >= 11 is 7.80. The van der Waals surface area contributed by atoms with Crippen molar-refractivity contribution in [2.45, 2.75) is 38.0 Å². The van der Waals surface area contributed by atoms with Crippen LogP contribution < -0.4 is 5.32 Å². The van der Waals surface area contributed by atoms with E-state index >= 15 is 0 Å². The fourth-order valence-corrected chi connectivity index (χ4v) is 6.40. The van der Waals surface area contributed by atoms with Crippen molar-refractivity contribution in [2.75, 3.05) is 40.4 Å². The van der Waals surface area contributed by atoms with Crippen LogP contribution in [0, 0.1) is 5.82 Å². The van der Waals surface area contributed by atoms with E-state index in [9.17, 15) is 18.8 Å². The van der Waals surface area contributed by atoms with Crippen molar-refractivity contribution >= 4 is 46.7 Å². The van der Waals surface area contributed by atoms with Gasteiger partial charge in [0.05, 0.1) is 25.8 Å². The van der Waals surface area contributed by atoms with E-state index in [1.807, 2.05) is 18.7 Å². The Labute approximate surface area is 245 Å². The van der Waals surface area contributed by atoms with Crippen molar-refractivity contribution in [1.29, 1.82) is 0 Å². The van der Waals surface area contributed by atoms with E-state index in [0.717, 1.165) is 6.07 Å². The van der Waals surface area contributed by atoms with Crippen molar-refractivity contribution in [1.82, 2.24) is 25.0 Å². The predicted molar refractivity (Wildman–Crippen MR) is 150 cm³/mol. The van der Waals surface area contributed by atoms with Crippen LogP contribution in [0.5, 0.6) is 0 Å². The molecule has 0 saturated carbocycles. The lowest BCUT2D eigenvalue weighted by atomic mass is 9.94. The number of methoxy groups -OCH3 is 2. The number of urea groups is 1. The van der Waals surface area contributed by atoms with Crippen LogP contribution in [0.15, 0.2) is 46.0 Å². The lowest BCUT2D eigenvalue weighted by molar-refractivity contribution is -0.150. The summed E-state index contributed by atoms with van der Waals surface area (Å²) in [6.45, 7) is 5.07. The normalized spacial score (nSPS) is 23.0. The van der Waals surface area contributed by atoms with Gasteiger partial charge in [-0.3, -0.25) is 14.7 Å². The molecule has 2 fully saturated rings. The van der Waals surface area contributed by atoms with Gasteiger partial charge in [-0.2, -0.15) is 0 Å². The molecular weight excluding hydrogens is 575 g/mol. The fraction of sp³-hybridized carbons (Fsp3) is 0.444. The van der Waals surface area contributed by atoms with Crippen molar-refractivity contribution in [2.24, 2.45) is 4.99 Å². The first-order chi connectivity index (χ1) is 19.6. The quantitative estimate of drug-likeness (QED) is 0.480. The maximum Gasteiger partial charge on any atom is 0.338 e. The Morgan fingerprint density at radius 3 is 2.66 bits per heavy atom. The third-order valence-electron chi connectivity index (χ3n) is 7.51. The summed E-state index contributed by atoms with van der Waals surface area (Å²) in [5.74, 6) is -1.28. The summed E-state index contributed by atoms with van der Waals surface area (Å²) < 4.78 is 24.3. The van der Waals surface area contributed by atoms with Crippen LogP contribution in [0.2, 0.25) is 5.02 Å². The van der Waals surface area contributed by atoms with Crippen LogP contribution in [0.3, 0.4) is 0 Å².